The molecule has 0 unspecified atom stereocenters. The molecule has 0 saturated carbocycles. The first-order chi connectivity index (χ1) is 7.07. The van der Waals surface area contributed by atoms with Gasteiger partial charge in [0.2, 0.25) is 0 Å². The molecule has 78 valence electrons. The molecule has 0 amide bonds. The van der Waals surface area contributed by atoms with Gasteiger partial charge in [-0.1, -0.05) is 0 Å². The van der Waals surface area contributed by atoms with Crippen LogP contribution in [0.5, 0.6) is 0 Å². The number of oxazole rings is 1. The Morgan fingerprint density at radius 3 is 2.27 bits per heavy atom. The summed E-state index contributed by atoms with van der Waals surface area (Å²) in [6.45, 7) is 0. The van der Waals surface area contributed by atoms with Crippen molar-refractivity contribution in [3.05, 3.63) is 36.6 Å². The number of nitrogens with zero attached hydrogens (tertiary/aromatic N) is 1. The summed E-state index contributed by atoms with van der Waals surface area (Å²) in [5, 5.41) is 0. The van der Waals surface area contributed by atoms with E-state index in [2.05, 4.69) is 19.8 Å². The summed E-state index contributed by atoms with van der Waals surface area (Å²) in [4.78, 5) is 11.6. The van der Waals surface area contributed by atoms with Gasteiger partial charge >= 0.3 is 94.4 Å². The normalized spacial score (nSPS) is 11.7. The molecule has 0 aliphatic carbocycles. The molecule has 0 spiro atoms. The van der Waals surface area contributed by atoms with E-state index in [0.717, 1.165) is 11.5 Å². The van der Waals surface area contributed by atoms with E-state index in [1.165, 1.54) is 3.71 Å². The third-order valence-corrected chi connectivity index (χ3v) is 7.34. The van der Waals surface area contributed by atoms with Crippen LogP contribution in [0, 0.1) is 0 Å². The van der Waals surface area contributed by atoms with Gasteiger partial charge in [-0.05, 0) is 0 Å². The molecule has 0 aliphatic rings. The Morgan fingerprint density at radius 2 is 1.73 bits per heavy atom. The molecular weight excluding hydrogens is 293 g/mol. The monoisotopic (exact) mass is 309 g/mol. The molecule has 0 bridgehead atoms. The zero-order chi connectivity index (χ0) is 10.9. The quantitative estimate of drug-likeness (QED) is 0.797. The summed E-state index contributed by atoms with van der Waals surface area (Å²) in [5.74, 6) is 0.747. The van der Waals surface area contributed by atoms with Gasteiger partial charge in [-0.15, -0.1) is 0 Å². The molecule has 0 saturated heterocycles. The standard InChI is InChI=1S/C9H6NO.3CH3.Sn/c1-2-4-8(5-3-1)9-10-6-7-11-9;;;;/h1-5,7H;3*1H3;. The van der Waals surface area contributed by atoms with Gasteiger partial charge in [0.05, 0.1) is 0 Å². The first kappa shape index (κ1) is 10.7. The molecule has 1 aromatic heterocycles. The predicted molar refractivity (Wildman–Crippen MR) is 64.9 cm³/mol. The fourth-order valence-electron chi connectivity index (χ4n) is 1.33. The summed E-state index contributed by atoms with van der Waals surface area (Å²) >= 11 is -2.06. The number of hydrogen-bond donors (Lipinski definition) is 0. The Morgan fingerprint density at radius 1 is 1.07 bits per heavy atom. The van der Waals surface area contributed by atoms with Crippen molar-refractivity contribution >= 4 is 22.1 Å². The van der Waals surface area contributed by atoms with Gasteiger partial charge in [0.25, 0.3) is 0 Å². The van der Waals surface area contributed by atoms with Crippen molar-refractivity contribution in [3.63, 3.8) is 0 Å². The molecular formula is C12H15NOSn. The Bertz CT molecular complexity index is 442. The Labute approximate surface area is 94.2 Å². The first-order valence-electron chi connectivity index (χ1n) is 5.09. The Hall–Kier alpha value is -0.771. The molecule has 0 fully saturated rings. The van der Waals surface area contributed by atoms with Crippen molar-refractivity contribution in [1.29, 1.82) is 0 Å². The second-order valence-corrected chi connectivity index (χ2v) is 19.0. The Balaban J connectivity index is 2.37. The molecule has 1 heterocycles. The van der Waals surface area contributed by atoms with E-state index in [1.807, 2.05) is 36.6 Å². The van der Waals surface area contributed by atoms with Crippen LogP contribution in [0.15, 0.2) is 41.0 Å². The van der Waals surface area contributed by atoms with Crippen molar-refractivity contribution in [2.75, 3.05) is 0 Å². The minimum absolute atomic E-state index is 0.747. The van der Waals surface area contributed by atoms with Crippen LogP contribution in [-0.4, -0.2) is 23.4 Å². The second-order valence-electron chi connectivity index (χ2n) is 4.65. The van der Waals surface area contributed by atoms with Crippen LogP contribution in [0.4, 0.5) is 0 Å². The summed E-state index contributed by atoms with van der Waals surface area (Å²) in [6.07, 6.45) is 1.83. The number of benzene rings is 1. The fourth-order valence-corrected chi connectivity index (χ4v) is 3.76. The average molecular weight is 308 g/mol. The van der Waals surface area contributed by atoms with Crippen LogP contribution >= 0.6 is 0 Å². The van der Waals surface area contributed by atoms with Crippen molar-refractivity contribution in [2.45, 2.75) is 14.8 Å². The molecule has 2 aromatic rings. The maximum atomic E-state index is 5.52. The summed E-state index contributed by atoms with van der Waals surface area (Å²) < 4.78 is 6.72. The molecule has 0 atom stereocenters. The molecule has 0 radical (unpaired) electrons. The zero-order valence-electron chi connectivity index (χ0n) is 9.32. The topological polar surface area (TPSA) is 26.0 Å². The molecule has 1 aromatic carbocycles. The number of hydrogen-bond acceptors (Lipinski definition) is 2. The second kappa shape index (κ2) is 4.00. The van der Waals surface area contributed by atoms with E-state index in [0.29, 0.717) is 0 Å². The van der Waals surface area contributed by atoms with E-state index >= 15 is 0 Å². The SMILES string of the molecule is [CH3][Sn]([CH3])([CH3])[c]1coc(-c2ccccc2)n1. The third kappa shape index (κ3) is 2.42. The van der Waals surface area contributed by atoms with Gasteiger partial charge in [-0.25, -0.2) is 0 Å². The van der Waals surface area contributed by atoms with E-state index in [4.69, 9.17) is 4.42 Å². The number of aromatic nitrogens is 1. The van der Waals surface area contributed by atoms with Crippen LogP contribution in [0.1, 0.15) is 0 Å². The van der Waals surface area contributed by atoms with Gasteiger partial charge in [0.15, 0.2) is 0 Å². The zero-order valence-corrected chi connectivity index (χ0v) is 12.2. The predicted octanol–water partition coefficient (Wildman–Crippen LogP) is 2.89. The van der Waals surface area contributed by atoms with Gasteiger partial charge in [0, 0.05) is 0 Å². The van der Waals surface area contributed by atoms with Crippen LogP contribution in [0.25, 0.3) is 11.5 Å². The van der Waals surface area contributed by atoms with Crippen molar-refractivity contribution in [3.8, 4) is 11.5 Å². The van der Waals surface area contributed by atoms with E-state index < -0.39 is 18.4 Å². The molecule has 0 N–H and O–H groups in total. The van der Waals surface area contributed by atoms with Gasteiger partial charge in [0.1, 0.15) is 0 Å². The van der Waals surface area contributed by atoms with Gasteiger partial charge in [-0.2, -0.15) is 0 Å². The van der Waals surface area contributed by atoms with Crippen molar-refractivity contribution in [2.24, 2.45) is 0 Å². The maximum absolute atomic E-state index is 5.52. The molecule has 2 rings (SSSR count). The first-order valence-corrected chi connectivity index (χ1v) is 15.1. The van der Waals surface area contributed by atoms with Crippen LogP contribution in [0.2, 0.25) is 14.8 Å². The van der Waals surface area contributed by atoms with E-state index in [1.54, 1.807) is 0 Å². The van der Waals surface area contributed by atoms with E-state index in [9.17, 15) is 0 Å². The van der Waals surface area contributed by atoms with E-state index in [-0.39, 0.29) is 0 Å². The van der Waals surface area contributed by atoms with Crippen LogP contribution in [-0.2, 0) is 0 Å². The van der Waals surface area contributed by atoms with Gasteiger partial charge in [-0.3, -0.25) is 0 Å². The fraction of sp³-hybridized carbons (Fsp3) is 0.250. The van der Waals surface area contributed by atoms with Crippen LogP contribution in [0.3, 0.4) is 0 Å². The van der Waals surface area contributed by atoms with Crippen molar-refractivity contribution < 1.29 is 4.42 Å². The van der Waals surface area contributed by atoms with Gasteiger partial charge < -0.3 is 0 Å². The summed E-state index contributed by atoms with van der Waals surface area (Å²) in [7, 11) is 0. The third-order valence-electron chi connectivity index (χ3n) is 2.29. The average Bonchev–Trinajstić information content (AvgIpc) is 2.67. The molecule has 15 heavy (non-hydrogen) atoms. The van der Waals surface area contributed by atoms with Crippen LogP contribution < -0.4 is 3.71 Å². The Kier molecular flexibility index (Phi) is 2.87. The number of rotatable bonds is 2. The summed E-state index contributed by atoms with van der Waals surface area (Å²) in [5.41, 5.74) is 1.05. The molecule has 3 heteroatoms. The molecule has 2 nitrogen and oxygen atoms in total. The van der Waals surface area contributed by atoms with Crippen molar-refractivity contribution in [1.82, 2.24) is 4.98 Å². The molecule has 0 aliphatic heterocycles. The summed E-state index contributed by atoms with van der Waals surface area (Å²) in [6, 6.07) is 10.0. The minimum atomic E-state index is -2.06.